The molecule has 39 heavy (non-hydrogen) atoms. The number of fused-ring (bicyclic) bond motifs is 1. The molecule has 10 heteroatoms. The van der Waals surface area contributed by atoms with Crippen LogP contribution in [0.4, 0.5) is 0 Å². The monoisotopic (exact) mass is 581 g/mol. The van der Waals surface area contributed by atoms with Crippen LogP contribution in [0.1, 0.15) is 16.1 Å². The average molecular weight is 582 g/mol. The molecule has 0 spiro atoms. The molecule has 0 aliphatic carbocycles. The van der Waals surface area contributed by atoms with E-state index in [-0.39, 0.29) is 22.7 Å². The number of ether oxygens (including phenoxy) is 3. The van der Waals surface area contributed by atoms with Crippen LogP contribution < -0.4 is 9.47 Å². The van der Waals surface area contributed by atoms with Crippen LogP contribution in [-0.2, 0) is 21.4 Å². The number of rotatable bonds is 8. The Morgan fingerprint density at radius 3 is 2.10 bits per heavy atom. The maximum absolute atomic E-state index is 13.7. The van der Waals surface area contributed by atoms with Gasteiger partial charge in [-0.05, 0) is 72.8 Å². The first-order valence-corrected chi connectivity index (χ1v) is 13.9. The minimum Gasteiger partial charge on any atom is -0.489 e. The highest BCUT2D eigenvalue weighted by Crippen LogP contribution is 2.32. The number of aromatic nitrogens is 1. The van der Waals surface area contributed by atoms with Crippen molar-refractivity contribution in [3.63, 3.8) is 0 Å². The summed E-state index contributed by atoms with van der Waals surface area (Å²) in [5.74, 6) is 0.717. The van der Waals surface area contributed by atoms with E-state index in [4.69, 9.17) is 37.4 Å². The van der Waals surface area contributed by atoms with Gasteiger partial charge in [0.05, 0.1) is 17.5 Å². The molecule has 7 nitrogen and oxygen atoms in total. The van der Waals surface area contributed by atoms with E-state index in [9.17, 15) is 13.2 Å². The zero-order chi connectivity index (χ0) is 27.6. The Hall–Kier alpha value is -3.98. The van der Waals surface area contributed by atoms with E-state index in [0.29, 0.717) is 38.2 Å². The molecule has 198 valence electrons. The van der Waals surface area contributed by atoms with E-state index in [1.807, 2.05) is 18.2 Å². The van der Waals surface area contributed by atoms with Crippen LogP contribution in [0.25, 0.3) is 10.9 Å². The predicted octanol–water partition coefficient (Wildman–Crippen LogP) is 7.34. The second kappa shape index (κ2) is 11.0. The van der Waals surface area contributed by atoms with E-state index in [1.165, 1.54) is 25.3 Å². The summed E-state index contributed by atoms with van der Waals surface area (Å²) in [6.45, 7) is 0.101. The van der Waals surface area contributed by atoms with Crippen LogP contribution in [0.5, 0.6) is 17.2 Å². The minimum atomic E-state index is -4.19. The minimum absolute atomic E-state index is 0.0285. The molecule has 0 bridgehead atoms. The molecule has 0 saturated carbocycles. The van der Waals surface area contributed by atoms with Gasteiger partial charge in [-0.1, -0.05) is 47.5 Å². The third-order valence-corrected chi connectivity index (χ3v) is 8.36. The van der Waals surface area contributed by atoms with Crippen molar-refractivity contribution in [2.24, 2.45) is 0 Å². The molecule has 4 aromatic carbocycles. The molecule has 5 rings (SSSR count). The Kier molecular flexibility index (Phi) is 7.52. The third-order valence-electron chi connectivity index (χ3n) is 5.91. The molecule has 0 amide bonds. The Morgan fingerprint density at radius 2 is 1.44 bits per heavy atom. The van der Waals surface area contributed by atoms with Gasteiger partial charge in [-0.15, -0.1) is 0 Å². The smallest absolute Gasteiger partial charge is 0.355 e. The summed E-state index contributed by atoms with van der Waals surface area (Å²) in [4.78, 5) is 12.6. The summed E-state index contributed by atoms with van der Waals surface area (Å²) in [7, 11) is -3.00. The van der Waals surface area contributed by atoms with Crippen LogP contribution in [0.3, 0.4) is 0 Å². The van der Waals surface area contributed by atoms with Crippen molar-refractivity contribution < 1.29 is 27.4 Å². The number of hydrogen-bond acceptors (Lipinski definition) is 6. The molecule has 0 atom stereocenters. The SMILES string of the molecule is COC(=O)c1cc2cc(OCc3c(Cl)cccc3Cl)ccc2n1S(=O)(=O)c1ccc(Oc2ccccc2)cc1. The van der Waals surface area contributed by atoms with Gasteiger partial charge in [-0.2, -0.15) is 0 Å². The van der Waals surface area contributed by atoms with Crippen molar-refractivity contribution in [1.82, 2.24) is 3.97 Å². The summed E-state index contributed by atoms with van der Waals surface area (Å²) >= 11 is 12.5. The van der Waals surface area contributed by atoms with Crippen LogP contribution in [0.15, 0.2) is 102 Å². The first kappa shape index (κ1) is 26.6. The standard InChI is InChI=1S/C29H21Cl2NO6S/c1-36-29(33)28-17-19-16-22(37-18-24-25(30)8-5-9-26(24)31)12-15-27(19)32(28)39(34,35)23-13-10-21(11-14-23)38-20-6-3-2-4-7-20/h2-17H,18H2,1H3. The van der Waals surface area contributed by atoms with Gasteiger partial charge in [-0.3, -0.25) is 0 Å². The van der Waals surface area contributed by atoms with E-state index in [2.05, 4.69) is 0 Å². The lowest BCUT2D eigenvalue weighted by Gasteiger charge is -2.12. The summed E-state index contributed by atoms with van der Waals surface area (Å²) in [6.07, 6.45) is 0. The normalized spacial score (nSPS) is 11.4. The molecule has 0 radical (unpaired) electrons. The molecule has 0 unspecified atom stereocenters. The molecule has 1 aromatic heterocycles. The van der Waals surface area contributed by atoms with Gasteiger partial charge >= 0.3 is 5.97 Å². The molecular weight excluding hydrogens is 561 g/mol. The summed E-state index contributed by atoms with van der Waals surface area (Å²) in [6, 6.07) is 26.5. The fraction of sp³-hybridized carbons (Fsp3) is 0.0690. The quantitative estimate of drug-likeness (QED) is 0.178. The number of halogens is 2. The van der Waals surface area contributed by atoms with E-state index < -0.39 is 16.0 Å². The van der Waals surface area contributed by atoms with Crippen LogP contribution in [0, 0.1) is 0 Å². The molecule has 1 heterocycles. The Morgan fingerprint density at radius 1 is 0.795 bits per heavy atom. The van der Waals surface area contributed by atoms with Crippen molar-refractivity contribution in [3.05, 3.63) is 118 Å². The van der Waals surface area contributed by atoms with Gasteiger partial charge in [0.1, 0.15) is 29.5 Å². The summed E-state index contributed by atoms with van der Waals surface area (Å²) in [5, 5.41) is 1.40. The highest BCUT2D eigenvalue weighted by Gasteiger charge is 2.27. The predicted molar refractivity (Wildman–Crippen MR) is 150 cm³/mol. The van der Waals surface area contributed by atoms with Crippen LogP contribution in [0.2, 0.25) is 10.0 Å². The van der Waals surface area contributed by atoms with Crippen molar-refractivity contribution >= 4 is 50.1 Å². The van der Waals surface area contributed by atoms with E-state index >= 15 is 0 Å². The second-order valence-corrected chi connectivity index (χ2v) is 11.0. The molecule has 0 fully saturated rings. The zero-order valence-corrected chi connectivity index (χ0v) is 22.8. The number of esters is 1. The number of methoxy groups -OCH3 is 1. The second-order valence-electron chi connectivity index (χ2n) is 8.39. The Bertz CT molecular complexity index is 1750. The fourth-order valence-electron chi connectivity index (χ4n) is 4.00. The number of para-hydroxylation sites is 1. The maximum atomic E-state index is 13.7. The fourth-order valence-corrected chi connectivity index (χ4v) is 6.01. The van der Waals surface area contributed by atoms with Gasteiger partial charge in [0, 0.05) is 21.0 Å². The van der Waals surface area contributed by atoms with Gasteiger partial charge in [0.15, 0.2) is 0 Å². The molecule has 0 N–H and O–H groups in total. The highest BCUT2D eigenvalue weighted by molar-refractivity contribution is 7.90. The number of benzene rings is 4. The Labute approximate surface area is 235 Å². The van der Waals surface area contributed by atoms with Gasteiger partial charge in [0.25, 0.3) is 10.0 Å². The van der Waals surface area contributed by atoms with Crippen LogP contribution in [-0.4, -0.2) is 25.5 Å². The number of carbonyl (C=O) groups is 1. The maximum Gasteiger partial charge on any atom is 0.355 e. The summed E-state index contributed by atoms with van der Waals surface area (Å²) < 4.78 is 45.0. The number of hydrogen-bond donors (Lipinski definition) is 0. The summed E-state index contributed by atoms with van der Waals surface area (Å²) in [5.41, 5.74) is 0.752. The molecule has 5 aromatic rings. The highest BCUT2D eigenvalue weighted by atomic mass is 35.5. The molecule has 0 aliphatic heterocycles. The molecular formula is C29H21Cl2NO6S. The lowest BCUT2D eigenvalue weighted by atomic mass is 10.2. The zero-order valence-electron chi connectivity index (χ0n) is 20.5. The third kappa shape index (κ3) is 5.45. The number of carbonyl (C=O) groups excluding carboxylic acids is 1. The van der Waals surface area contributed by atoms with Crippen LogP contribution >= 0.6 is 23.2 Å². The first-order chi connectivity index (χ1) is 18.8. The van der Waals surface area contributed by atoms with E-state index in [0.717, 1.165) is 3.97 Å². The van der Waals surface area contributed by atoms with Gasteiger partial charge in [0.2, 0.25) is 0 Å². The average Bonchev–Trinajstić information content (AvgIpc) is 3.33. The van der Waals surface area contributed by atoms with Crippen molar-refractivity contribution in [2.75, 3.05) is 7.11 Å². The van der Waals surface area contributed by atoms with Gasteiger partial charge in [-0.25, -0.2) is 17.2 Å². The lowest BCUT2D eigenvalue weighted by molar-refractivity contribution is 0.0593. The number of nitrogens with zero attached hydrogens (tertiary/aromatic N) is 1. The molecule has 0 saturated heterocycles. The van der Waals surface area contributed by atoms with Crippen molar-refractivity contribution in [1.29, 1.82) is 0 Å². The largest absolute Gasteiger partial charge is 0.489 e. The first-order valence-electron chi connectivity index (χ1n) is 11.7. The topological polar surface area (TPSA) is 83.8 Å². The lowest BCUT2D eigenvalue weighted by Crippen LogP contribution is -2.19. The van der Waals surface area contributed by atoms with Crippen molar-refractivity contribution in [3.8, 4) is 17.2 Å². The van der Waals surface area contributed by atoms with Crippen molar-refractivity contribution in [2.45, 2.75) is 11.5 Å². The molecule has 0 aliphatic rings. The van der Waals surface area contributed by atoms with E-state index in [1.54, 1.807) is 60.7 Å². The Balaban J connectivity index is 1.48. The van der Waals surface area contributed by atoms with Gasteiger partial charge < -0.3 is 14.2 Å².